The molecule has 4 nitrogen and oxygen atoms in total. The van der Waals surface area contributed by atoms with Crippen LogP contribution < -0.4 is 10.6 Å². The number of amides is 2. The van der Waals surface area contributed by atoms with Gasteiger partial charge in [-0.15, -0.1) is 11.3 Å². The Hall–Kier alpha value is -1.85. The number of benzene rings is 1. The first-order valence-corrected chi connectivity index (χ1v) is 8.65. The van der Waals surface area contributed by atoms with E-state index >= 15 is 0 Å². The maximum absolute atomic E-state index is 11.8. The molecule has 1 heterocycles. The second-order valence-corrected chi connectivity index (χ2v) is 6.72. The van der Waals surface area contributed by atoms with Crippen LogP contribution in [0.2, 0.25) is 0 Å². The summed E-state index contributed by atoms with van der Waals surface area (Å²) < 4.78 is 5.45. The van der Waals surface area contributed by atoms with Crippen LogP contribution >= 0.6 is 11.3 Å². The molecule has 0 spiro atoms. The number of aryl methyl sites for hydroxylation is 2. The van der Waals surface area contributed by atoms with Gasteiger partial charge in [0.15, 0.2) is 0 Å². The molecule has 0 aliphatic heterocycles. The fourth-order valence-corrected chi connectivity index (χ4v) is 3.27. The van der Waals surface area contributed by atoms with Gasteiger partial charge in [-0.2, -0.15) is 0 Å². The molecule has 0 saturated carbocycles. The average Bonchev–Trinajstić information content (AvgIpc) is 2.99. The summed E-state index contributed by atoms with van der Waals surface area (Å²) >= 11 is 1.69. The van der Waals surface area contributed by atoms with Gasteiger partial charge >= 0.3 is 6.03 Å². The number of hydrogen-bond acceptors (Lipinski definition) is 3. The van der Waals surface area contributed by atoms with Crippen LogP contribution in [0.4, 0.5) is 4.79 Å². The second kappa shape index (κ2) is 9.33. The maximum Gasteiger partial charge on any atom is 0.314 e. The lowest BCUT2D eigenvalue weighted by atomic mass is 10.1. The van der Waals surface area contributed by atoms with Crippen molar-refractivity contribution >= 4 is 17.4 Å². The van der Waals surface area contributed by atoms with E-state index in [2.05, 4.69) is 35.8 Å². The Morgan fingerprint density at radius 2 is 1.96 bits per heavy atom. The first-order chi connectivity index (χ1) is 11.2. The highest BCUT2D eigenvalue weighted by molar-refractivity contribution is 7.12. The SMILES string of the molecule is COC(CNC(=O)NCCCc1ccccc1)c1ccc(C)s1. The van der Waals surface area contributed by atoms with E-state index in [9.17, 15) is 4.79 Å². The minimum absolute atomic E-state index is 0.0937. The highest BCUT2D eigenvalue weighted by Gasteiger charge is 2.13. The van der Waals surface area contributed by atoms with Gasteiger partial charge in [0.25, 0.3) is 0 Å². The third-order valence-corrected chi connectivity index (χ3v) is 4.67. The lowest BCUT2D eigenvalue weighted by molar-refractivity contribution is 0.107. The highest BCUT2D eigenvalue weighted by Crippen LogP contribution is 2.24. The van der Waals surface area contributed by atoms with E-state index in [1.54, 1.807) is 18.4 Å². The van der Waals surface area contributed by atoms with Crippen molar-refractivity contribution in [1.82, 2.24) is 10.6 Å². The quantitative estimate of drug-likeness (QED) is 0.725. The molecular weight excluding hydrogens is 308 g/mol. The summed E-state index contributed by atoms with van der Waals surface area (Å²) in [5.41, 5.74) is 1.29. The third-order valence-electron chi connectivity index (χ3n) is 3.58. The summed E-state index contributed by atoms with van der Waals surface area (Å²) in [6.45, 7) is 3.20. The standard InChI is InChI=1S/C18H24N2O2S/c1-14-10-11-17(23-14)16(22-2)13-20-18(21)19-12-6-9-15-7-4-3-5-8-15/h3-5,7-8,10-11,16H,6,9,12-13H2,1-2H3,(H2,19,20,21). The van der Waals surface area contributed by atoms with Gasteiger partial charge < -0.3 is 15.4 Å². The Bertz CT molecular complexity index is 598. The molecular formula is C18H24N2O2S. The van der Waals surface area contributed by atoms with Gasteiger partial charge in [-0.25, -0.2) is 4.79 Å². The molecule has 2 amide bonds. The zero-order valence-corrected chi connectivity index (χ0v) is 14.5. The smallest absolute Gasteiger partial charge is 0.314 e. The molecule has 0 aliphatic rings. The van der Waals surface area contributed by atoms with Crippen molar-refractivity contribution in [2.75, 3.05) is 20.2 Å². The summed E-state index contributed by atoms with van der Waals surface area (Å²) in [6, 6.07) is 14.3. The number of methoxy groups -OCH3 is 1. The summed E-state index contributed by atoms with van der Waals surface area (Å²) in [6.07, 6.45) is 1.80. The maximum atomic E-state index is 11.8. The van der Waals surface area contributed by atoms with Gasteiger partial charge in [-0.05, 0) is 37.5 Å². The Morgan fingerprint density at radius 3 is 2.61 bits per heavy atom. The van der Waals surface area contributed by atoms with Crippen LogP contribution in [0.1, 0.15) is 27.8 Å². The first-order valence-electron chi connectivity index (χ1n) is 7.84. The normalized spacial score (nSPS) is 11.9. The summed E-state index contributed by atoms with van der Waals surface area (Å²) in [4.78, 5) is 14.2. The average molecular weight is 332 g/mol. The van der Waals surface area contributed by atoms with Crippen LogP contribution in [0, 0.1) is 6.92 Å². The van der Waals surface area contributed by atoms with E-state index in [4.69, 9.17) is 4.74 Å². The minimum Gasteiger partial charge on any atom is -0.374 e. The molecule has 1 aromatic carbocycles. The van der Waals surface area contributed by atoms with Crippen LogP contribution in [0.3, 0.4) is 0 Å². The Balaban J connectivity index is 1.64. The second-order valence-electron chi connectivity index (χ2n) is 5.40. The Labute approximate surface area is 141 Å². The molecule has 1 aromatic heterocycles. The number of hydrogen-bond donors (Lipinski definition) is 2. The molecule has 0 aliphatic carbocycles. The van der Waals surface area contributed by atoms with E-state index in [1.165, 1.54) is 10.4 Å². The largest absolute Gasteiger partial charge is 0.374 e. The van der Waals surface area contributed by atoms with Gasteiger partial charge in [0.1, 0.15) is 6.10 Å². The Morgan fingerprint density at radius 1 is 1.17 bits per heavy atom. The van der Waals surface area contributed by atoms with Crippen LogP contribution in [-0.2, 0) is 11.2 Å². The minimum atomic E-state index is -0.145. The first kappa shape index (κ1) is 17.5. The predicted octanol–water partition coefficient (Wildman–Crippen LogP) is 3.68. The van der Waals surface area contributed by atoms with E-state index < -0.39 is 0 Å². The lowest BCUT2D eigenvalue weighted by Gasteiger charge is -2.15. The molecule has 1 atom stereocenters. The summed E-state index contributed by atoms with van der Waals surface area (Å²) in [5.74, 6) is 0. The fourth-order valence-electron chi connectivity index (χ4n) is 2.31. The van der Waals surface area contributed by atoms with Crippen molar-refractivity contribution in [2.45, 2.75) is 25.9 Å². The Kier molecular flexibility index (Phi) is 7.10. The van der Waals surface area contributed by atoms with E-state index in [0.29, 0.717) is 13.1 Å². The molecule has 0 fully saturated rings. The van der Waals surface area contributed by atoms with Gasteiger partial charge in [-0.1, -0.05) is 30.3 Å². The zero-order valence-electron chi connectivity index (χ0n) is 13.7. The molecule has 23 heavy (non-hydrogen) atoms. The van der Waals surface area contributed by atoms with Gasteiger partial charge in [0.2, 0.25) is 0 Å². The number of thiophene rings is 1. The molecule has 2 aromatic rings. The van der Waals surface area contributed by atoms with Crippen molar-refractivity contribution in [1.29, 1.82) is 0 Å². The van der Waals surface area contributed by atoms with E-state index in [1.807, 2.05) is 24.3 Å². The van der Waals surface area contributed by atoms with Crippen molar-refractivity contribution in [3.63, 3.8) is 0 Å². The van der Waals surface area contributed by atoms with E-state index in [0.717, 1.165) is 17.7 Å². The molecule has 0 bridgehead atoms. The number of urea groups is 1. The number of ether oxygens (including phenoxy) is 1. The molecule has 0 radical (unpaired) electrons. The molecule has 2 N–H and O–H groups in total. The van der Waals surface area contributed by atoms with Crippen LogP contribution in [0.25, 0.3) is 0 Å². The van der Waals surface area contributed by atoms with Crippen LogP contribution in [0.5, 0.6) is 0 Å². The highest BCUT2D eigenvalue weighted by atomic mass is 32.1. The molecule has 1 unspecified atom stereocenters. The number of carbonyl (C=O) groups excluding carboxylic acids is 1. The summed E-state index contributed by atoms with van der Waals surface area (Å²) in [7, 11) is 1.67. The van der Waals surface area contributed by atoms with Crippen molar-refractivity contribution in [3.8, 4) is 0 Å². The topological polar surface area (TPSA) is 50.4 Å². The van der Waals surface area contributed by atoms with Crippen molar-refractivity contribution in [3.05, 3.63) is 57.8 Å². The number of rotatable bonds is 8. The fraction of sp³-hybridized carbons (Fsp3) is 0.389. The molecule has 0 saturated heterocycles. The monoisotopic (exact) mass is 332 g/mol. The van der Waals surface area contributed by atoms with Gasteiger partial charge in [0, 0.05) is 23.4 Å². The predicted molar refractivity (Wildman–Crippen MR) is 95.0 cm³/mol. The number of nitrogens with one attached hydrogen (secondary N) is 2. The summed E-state index contributed by atoms with van der Waals surface area (Å²) in [5, 5.41) is 5.76. The van der Waals surface area contributed by atoms with E-state index in [-0.39, 0.29) is 12.1 Å². The molecule has 124 valence electrons. The molecule has 2 rings (SSSR count). The van der Waals surface area contributed by atoms with Crippen LogP contribution in [-0.4, -0.2) is 26.2 Å². The van der Waals surface area contributed by atoms with Gasteiger partial charge in [-0.3, -0.25) is 0 Å². The van der Waals surface area contributed by atoms with Gasteiger partial charge in [0.05, 0.1) is 6.54 Å². The van der Waals surface area contributed by atoms with Crippen molar-refractivity contribution < 1.29 is 9.53 Å². The lowest BCUT2D eigenvalue weighted by Crippen LogP contribution is -2.38. The van der Waals surface area contributed by atoms with Crippen LogP contribution in [0.15, 0.2) is 42.5 Å². The molecule has 5 heteroatoms. The number of carbonyl (C=O) groups is 1. The zero-order chi connectivity index (χ0) is 16.5. The van der Waals surface area contributed by atoms with Crippen molar-refractivity contribution in [2.24, 2.45) is 0 Å². The third kappa shape index (κ3) is 6.04.